The Kier molecular flexibility index (Phi) is 7.25. The lowest BCUT2D eigenvalue weighted by molar-refractivity contribution is -0.125. The Morgan fingerprint density at radius 1 is 1.17 bits per heavy atom. The van der Waals surface area contributed by atoms with Gasteiger partial charge in [0.2, 0.25) is 0 Å². The molecule has 6 heteroatoms. The van der Waals surface area contributed by atoms with Crippen LogP contribution >= 0.6 is 0 Å². The van der Waals surface area contributed by atoms with Gasteiger partial charge in [-0.3, -0.25) is 4.79 Å². The average Bonchev–Trinajstić information content (AvgIpc) is 2.76. The first-order valence-electron chi connectivity index (χ1n) is 9.91. The van der Waals surface area contributed by atoms with Gasteiger partial charge in [-0.25, -0.2) is 4.79 Å². The molecule has 29 heavy (non-hydrogen) atoms. The van der Waals surface area contributed by atoms with Crippen molar-refractivity contribution < 1.29 is 23.8 Å². The van der Waals surface area contributed by atoms with E-state index in [1.54, 1.807) is 25.3 Å². The fraction of sp³-hybridized carbons (Fsp3) is 0.391. The van der Waals surface area contributed by atoms with Crippen molar-refractivity contribution in [3.8, 4) is 5.75 Å². The molecular weight excluding hydrogens is 370 g/mol. The maximum atomic E-state index is 12.4. The fourth-order valence-electron chi connectivity index (χ4n) is 3.58. The van der Waals surface area contributed by atoms with Gasteiger partial charge < -0.3 is 19.5 Å². The van der Waals surface area contributed by atoms with Crippen LogP contribution < -0.4 is 10.1 Å². The second-order valence-electron chi connectivity index (χ2n) is 6.95. The summed E-state index contributed by atoms with van der Waals surface area (Å²) in [7, 11) is 1.57. The molecule has 0 spiro atoms. The third kappa shape index (κ3) is 5.35. The molecule has 1 atom stereocenters. The van der Waals surface area contributed by atoms with Crippen LogP contribution in [0.25, 0.3) is 0 Å². The highest BCUT2D eigenvalue weighted by Gasteiger charge is 2.22. The largest absolute Gasteiger partial charge is 0.496 e. The number of hydrogen-bond donors (Lipinski definition) is 1. The number of benzene rings is 2. The summed E-state index contributed by atoms with van der Waals surface area (Å²) >= 11 is 0. The third-order valence-electron chi connectivity index (χ3n) is 5.02. The van der Waals surface area contributed by atoms with Crippen molar-refractivity contribution in [1.29, 1.82) is 0 Å². The van der Waals surface area contributed by atoms with Gasteiger partial charge in [0.15, 0.2) is 6.61 Å². The molecule has 1 N–H and O–H groups in total. The van der Waals surface area contributed by atoms with Crippen LogP contribution in [-0.2, 0) is 27.3 Å². The predicted molar refractivity (Wildman–Crippen MR) is 109 cm³/mol. The van der Waals surface area contributed by atoms with Crippen molar-refractivity contribution in [2.24, 2.45) is 0 Å². The SMILES string of the molecule is CCOCc1cc(C(=O)OCC(=O)N[C@H]2CCCc3ccccc32)ccc1OC. The Balaban J connectivity index is 1.57. The highest BCUT2D eigenvalue weighted by molar-refractivity contribution is 5.91. The highest BCUT2D eigenvalue weighted by atomic mass is 16.5. The summed E-state index contributed by atoms with van der Waals surface area (Å²) in [6.45, 7) is 2.48. The smallest absolute Gasteiger partial charge is 0.338 e. The van der Waals surface area contributed by atoms with Crippen LogP contribution in [0.1, 0.15) is 52.9 Å². The molecule has 3 rings (SSSR count). The summed E-state index contributed by atoms with van der Waals surface area (Å²) in [4.78, 5) is 24.7. The van der Waals surface area contributed by atoms with Crippen LogP contribution in [0, 0.1) is 0 Å². The zero-order valence-electron chi connectivity index (χ0n) is 16.9. The summed E-state index contributed by atoms with van der Waals surface area (Å²) in [6.07, 6.45) is 2.94. The van der Waals surface area contributed by atoms with Gasteiger partial charge in [-0.05, 0) is 55.5 Å². The van der Waals surface area contributed by atoms with Crippen LogP contribution in [-0.4, -0.2) is 32.2 Å². The number of rotatable bonds is 8. The normalized spacial score (nSPS) is 15.3. The van der Waals surface area contributed by atoms with Crippen molar-refractivity contribution in [2.75, 3.05) is 20.3 Å². The average molecular weight is 397 g/mol. The number of amides is 1. The number of hydrogen-bond acceptors (Lipinski definition) is 5. The molecule has 0 fully saturated rings. The molecule has 154 valence electrons. The standard InChI is InChI=1S/C23H27NO5/c1-3-28-14-18-13-17(11-12-21(18)27-2)23(26)29-15-22(25)24-20-10-6-8-16-7-4-5-9-19(16)20/h4-5,7,9,11-13,20H,3,6,8,10,14-15H2,1-2H3,(H,24,25)/t20-/m0/s1. The highest BCUT2D eigenvalue weighted by Crippen LogP contribution is 2.29. The predicted octanol–water partition coefficient (Wildman–Crippen LogP) is 3.58. The minimum absolute atomic E-state index is 0.0371. The fourth-order valence-corrected chi connectivity index (χ4v) is 3.58. The van der Waals surface area contributed by atoms with Gasteiger partial charge in [0.05, 0.1) is 25.3 Å². The maximum Gasteiger partial charge on any atom is 0.338 e. The molecule has 0 unspecified atom stereocenters. The minimum Gasteiger partial charge on any atom is -0.496 e. The molecule has 0 heterocycles. The summed E-state index contributed by atoms with van der Waals surface area (Å²) < 4.78 is 15.9. The molecule has 2 aromatic carbocycles. The van der Waals surface area contributed by atoms with Crippen LogP contribution in [0.5, 0.6) is 5.75 Å². The van der Waals surface area contributed by atoms with Gasteiger partial charge in [-0.15, -0.1) is 0 Å². The van der Waals surface area contributed by atoms with E-state index in [9.17, 15) is 9.59 Å². The molecule has 0 aliphatic heterocycles. The molecule has 0 saturated heterocycles. The van der Waals surface area contributed by atoms with Crippen LogP contribution in [0.2, 0.25) is 0 Å². The monoisotopic (exact) mass is 397 g/mol. The number of nitrogens with one attached hydrogen (secondary N) is 1. The van der Waals surface area contributed by atoms with Crippen molar-refractivity contribution in [2.45, 2.75) is 38.8 Å². The minimum atomic E-state index is -0.551. The van der Waals surface area contributed by atoms with E-state index in [4.69, 9.17) is 14.2 Å². The number of carbonyl (C=O) groups is 2. The van der Waals surface area contributed by atoms with E-state index in [2.05, 4.69) is 11.4 Å². The molecule has 0 bridgehead atoms. The van der Waals surface area contributed by atoms with Gasteiger partial charge in [0.25, 0.3) is 5.91 Å². The van der Waals surface area contributed by atoms with E-state index in [1.807, 2.05) is 25.1 Å². The topological polar surface area (TPSA) is 73.9 Å². The van der Waals surface area contributed by atoms with E-state index in [0.717, 1.165) is 30.4 Å². The van der Waals surface area contributed by atoms with Crippen molar-refractivity contribution in [1.82, 2.24) is 5.32 Å². The molecular formula is C23H27NO5. The van der Waals surface area contributed by atoms with E-state index < -0.39 is 5.97 Å². The van der Waals surface area contributed by atoms with E-state index in [0.29, 0.717) is 24.5 Å². The molecule has 1 aliphatic rings. The van der Waals surface area contributed by atoms with E-state index in [1.165, 1.54) is 5.56 Å². The Hall–Kier alpha value is -2.86. The zero-order valence-corrected chi connectivity index (χ0v) is 16.9. The van der Waals surface area contributed by atoms with Gasteiger partial charge >= 0.3 is 5.97 Å². The first kappa shape index (κ1) is 20.9. The number of carbonyl (C=O) groups excluding carboxylic acids is 2. The molecule has 6 nitrogen and oxygen atoms in total. The molecule has 0 saturated carbocycles. The van der Waals surface area contributed by atoms with Crippen molar-refractivity contribution in [3.05, 3.63) is 64.7 Å². The molecule has 1 aliphatic carbocycles. The van der Waals surface area contributed by atoms with Crippen molar-refractivity contribution in [3.63, 3.8) is 0 Å². The Bertz CT molecular complexity index is 864. The molecule has 0 radical (unpaired) electrons. The second kappa shape index (κ2) is 10.1. The quantitative estimate of drug-likeness (QED) is 0.689. The van der Waals surface area contributed by atoms with Crippen molar-refractivity contribution >= 4 is 11.9 Å². The van der Waals surface area contributed by atoms with Gasteiger partial charge in [0, 0.05) is 12.2 Å². The summed E-state index contributed by atoms with van der Waals surface area (Å²) in [5.41, 5.74) is 3.53. The summed E-state index contributed by atoms with van der Waals surface area (Å²) in [5.74, 6) is -0.212. The van der Waals surface area contributed by atoms with E-state index in [-0.39, 0.29) is 18.6 Å². The first-order chi connectivity index (χ1) is 14.1. The second-order valence-corrected chi connectivity index (χ2v) is 6.95. The van der Waals surface area contributed by atoms with E-state index >= 15 is 0 Å². The van der Waals surface area contributed by atoms with Gasteiger partial charge in [-0.2, -0.15) is 0 Å². The Morgan fingerprint density at radius 3 is 2.79 bits per heavy atom. The molecule has 1 amide bonds. The van der Waals surface area contributed by atoms with Crippen LogP contribution in [0.15, 0.2) is 42.5 Å². The third-order valence-corrected chi connectivity index (χ3v) is 5.02. The van der Waals surface area contributed by atoms with Gasteiger partial charge in [-0.1, -0.05) is 24.3 Å². The molecule has 0 aromatic heterocycles. The van der Waals surface area contributed by atoms with Crippen LogP contribution in [0.3, 0.4) is 0 Å². The summed E-state index contributed by atoms with van der Waals surface area (Å²) in [5, 5.41) is 2.98. The lowest BCUT2D eigenvalue weighted by atomic mass is 9.88. The first-order valence-corrected chi connectivity index (χ1v) is 9.91. The number of methoxy groups -OCH3 is 1. The Morgan fingerprint density at radius 2 is 2.00 bits per heavy atom. The number of esters is 1. The lowest BCUT2D eigenvalue weighted by Crippen LogP contribution is -2.34. The van der Waals surface area contributed by atoms with Gasteiger partial charge in [0.1, 0.15) is 5.75 Å². The number of ether oxygens (including phenoxy) is 3. The Labute approximate surface area is 171 Å². The maximum absolute atomic E-state index is 12.4. The zero-order chi connectivity index (χ0) is 20.6. The summed E-state index contributed by atoms with van der Waals surface area (Å²) in [6, 6.07) is 13.1. The van der Waals surface area contributed by atoms with Crippen LogP contribution in [0.4, 0.5) is 0 Å². The number of aryl methyl sites for hydroxylation is 1. The molecule has 2 aromatic rings. The number of fused-ring (bicyclic) bond motifs is 1. The lowest BCUT2D eigenvalue weighted by Gasteiger charge is -2.26.